The highest BCUT2D eigenvalue weighted by atomic mass is 32.2. The van der Waals surface area contributed by atoms with Crippen LogP contribution < -0.4 is 5.32 Å². The van der Waals surface area contributed by atoms with Crippen LogP contribution >= 0.6 is 11.8 Å². The van der Waals surface area contributed by atoms with Crippen LogP contribution in [-0.4, -0.2) is 12.3 Å². The van der Waals surface area contributed by atoms with Crippen LogP contribution in [0.2, 0.25) is 0 Å². The summed E-state index contributed by atoms with van der Waals surface area (Å²) in [6.07, 6.45) is 3.41. The van der Waals surface area contributed by atoms with Crippen LogP contribution in [0, 0.1) is 0 Å². The number of thioether (sulfide) groups is 1. The van der Waals surface area contributed by atoms with Crippen LogP contribution in [0.25, 0.3) is 0 Å². The molecule has 16 heavy (non-hydrogen) atoms. The Morgan fingerprint density at radius 3 is 2.50 bits per heavy atom. The molecule has 86 valence electrons. The van der Waals surface area contributed by atoms with E-state index >= 15 is 0 Å². The lowest BCUT2D eigenvalue weighted by Crippen LogP contribution is -2.16. The van der Waals surface area contributed by atoms with Gasteiger partial charge in [0.05, 0.1) is 24.8 Å². The van der Waals surface area contributed by atoms with Gasteiger partial charge in [-0.15, -0.1) is 0 Å². The molecule has 0 fully saturated rings. The van der Waals surface area contributed by atoms with Gasteiger partial charge in [0.25, 0.3) is 0 Å². The summed E-state index contributed by atoms with van der Waals surface area (Å²) in [6.45, 7) is 1.78. The molecule has 0 radical (unpaired) electrons. The molecule has 0 bridgehead atoms. The van der Waals surface area contributed by atoms with E-state index in [1.165, 1.54) is 0 Å². The minimum Gasteiger partial charge on any atom is -0.468 e. The molecule has 2 rings (SSSR count). The maximum absolute atomic E-state index is 5.24. The van der Waals surface area contributed by atoms with Crippen molar-refractivity contribution in [1.82, 2.24) is 5.32 Å². The highest BCUT2D eigenvalue weighted by Gasteiger charge is 1.96. The summed E-state index contributed by atoms with van der Waals surface area (Å²) in [5.74, 6) is 4.03. The molecule has 0 aliphatic carbocycles. The molecule has 0 spiro atoms. The standard InChI is InChI=1S/C12H15NO2S/c1-3-11(14-6-1)9-13-5-8-16-10-12-4-2-7-15-12/h1-4,6-7,13H,5,8-10H2. The first-order chi connectivity index (χ1) is 7.95. The number of hydrogen-bond donors (Lipinski definition) is 1. The van der Waals surface area contributed by atoms with Gasteiger partial charge in [0, 0.05) is 12.3 Å². The zero-order valence-corrected chi connectivity index (χ0v) is 9.83. The molecule has 0 unspecified atom stereocenters. The van der Waals surface area contributed by atoms with Gasteiger partial charge in [0.2, 0.25) is 0 Å². The first kappa shape index (κ1) is 11.4. The third kappa shape index (κ3) is 3.79. The SMILES string of the molecule is c1coc(CNCCSCc2ccco2)c1. The second-order valence-electron chi connectivity index (χ2n) is 3.39. The third-order valence-electron chi connectivity index (χ3n) is 2.13. The van der Waals surface area contributed by atoms with Crippen molar-refractivity contribution in [1.29, 1.82) is 0 Å². The number of hydrogen-bond acceptors (Lipinski definition) is 4. The molecule has 4 heteroatoms. The maximum Gasteiger partial charge on any atom is 0.117 e. The average Bonchev–Trinajstić information content (AvgIpc) is 2.96. The molecule has 0 atom stereocenters. The smallest absolute Gasteiger partial charge is 0.117 e. The van der Waals surface area contributed by atoms with E-state index < -0.39 is 0 Å². The highest BCUT2D eigenvalue weighted by Crippen LogP contribution is 2.11. The third-order valence-corrected chi connectivity index (χ3v) is 3.11. The molecular weight excluding hydrogens is 222 g/mol. The average molecular weight is 237 g/mol. The molecule has 2 aromatic heterocycles. The van der Waals surface area contributed by atoms with Gasteiger partial charge in [-0.25, -0.2) is 0 Å². The minimum absolute atomic E-state index is 0.800. The predicted octanol–water partition coefficient (Wildman–Crippen LogP) is 2.90. The number of nitrogens with one attached hydrogen (secondary N) is 1. The lowest BCUT2D eigenvalue weighted by Gasteiger charge is -2.01. The van der Waals surface area contributed by atoms with Crippen molar-refractivity contribution in [2.24, 2.45) is 0 Å². The van der Waals surface area contributed by atoms with Crippen LogP contribution in [0.5, 0.6) is 0 Å². The summed E-state index contributed by atoms with van der Waals surface area (Å²) in [5.41, 5.74) is 0. The summed E-state index contributed by atoms with van der Waals surface area (Å²) in [7, 11) is 0. The van der Waals surface area contributed by atoms with Crippen LogP contribution in [0.1, 0.15) is 11.5 Å². The Labute approximate surface area is 99.2 Å². The van der Waals surface area contributed by atoms with E-state index in [0.717, 1.165) is 36.1 Å². The van der Waals surface area contributed by atoms with Crippen molar-refractivity contribution >= 4 is 11.8 Å². The van der Waals surface area contributed by atoms with Gasteiger partial charge in [-0.2, -0.15) is 11.8 Å². The van der Waals surface area contributed by atoms with Crippen molar-refractivity contribution in [3.63, 3.8) is 0 Å². The fourth-order valence-corrected chi connectivity index (χ4v) is 2.14. The van der Waals surface area contributed by atoms with Gasteiger partial charge >= 0.3 is 0 Å². The van der Waals surface area contributed by atoms with E-state index in [0.29, 0.717) is 0 Å². The molecule has 0 saturated heterocycles. The molecule has 0 amide bonds. The Kier molecular flexibility index (Phi) is 4.58. The van der Waals surface area contributed by atoms with E-state index in [9.17, 15) is 0 Å². The Morgan fingerprint density at radius 2 is 1.81 bits per heavy atom. The van der Waals surface area contributed by atoms with Crippen LogP contribution in [0.15, 0.2) is 45.6 Å². The Hall–Kier alpha value is -1.13. The largest absolute Gasteiger partial charge is 0.468 e. The Morgan fingerprint density at radius 1 is 1.06 bits per heavy atom. The normalized spacial score (nSPS) is 10.8. The lowest BCUT2D eigenvalue weighted by atomic mass is 10.4. The maximum atomic E-state index is 5.24. The van der Waals surface area contributed by atoms with Crippen LogP contribution in [-0.2, 0) is 12.3 Å². The van der Waals surface area contributed by atoms with E-state index in [-0.39, 0.29) is 0 Å². The molecular formula is C12H15NO2S. The molecule has 0 aliphatic rings. The molecule has 2 heterocycles. The van der Waals surface area contributed by atoms with Gasteiger partial charge in [0.15, 0.2) is 0 Å². The minimum atomic E-state index is 0.800. The van der Waals surface area contributed by atoms with Crippen LogP contribution in [0.4, 0.5) is 0 Å². The Bertz CT molecular complexity index is 331. The van der Waals surface area contributed by atoms with Gasteiger partial charge in [0.1, 0.15) is 11.5 Å². The fraction of sp³-hybridized carbons (Fsp3) is 0.333. The topological polar surface area (TPSA) is 38.3 Å². The second kappa shape index (κ2) is 6.45. The predicted molar refractivity (Wildman–Crippen MR) is 65.3 cm³/mol. The van der Waals surface area contributed by atoms with Crippen molar-refractivity contribution in [2.75, 3.05) is 12.3 Å². The first-order valence-electron chi connectivity index (χ1n) is 5.28. The van der Waals surface area contributed by atoms with Gasteiger partial charge in [-0.3, -0.25) is 0 Å². The van der Waals surface area contributed by atoms with Gasteiger partial charge < -0.3 is 14.2 Å². The van der Waals surface area contributed by atoms with E-state index in [1.807, 2.05) is 36.0 Å². The summed E-state index contributed by atoms with van der Waals surface area (Å²) in [4.78, 5) is 0. The first-order valence-corrected chi connectivity index (χ1v) is 6.44. The number of furan rings is 2. The summed E-state index contributed by atoms with van der Waals surface area (Å²) in [5, 5.41) is 3.32. The molecule has 3 nitrogen and oxygen atoms in total. The highest BCUT2D eigenvalue weighted by molar-refractivity contribution is 7.98. The molecule has 2 aromatic rings. The lowest BCUT2D eigenvalue weighted by molar-refractivity contribution is 0.488. The van der Waals surface area contributed by atoms with E-state index in [2.05, 4.69) is 5.32 Å². The van der Waals surface area contributed by atoms with E-state index in [1.54, 1.807) is 12.5 Å². The van der Waals surface area contributed by atoms with Crippen molar-refractivity contribution in [3.8, 4) is 0 Å². The van der Waals surface area contributed by atoms with Crippen LogP contribution in [0.3, 0.4) is 0 Å². The van der Waals surface area contributed by atoms with Gasteiger partial charge in [-0.1, -0.05) is 0 Å². The molecule has 0 aliphatic heterocycles. The fourth-order valence-electron chi connectivity index (χ4n) is 1.34. The van der Waals surface area contributed by atoms with Crippen molar-refractivity contribution < 1.29 is 8.83 Å². The summed E-state index contributed by atoms with van der Waals surface area (Å²) in [6, 6.07) is 7.81. The van der Waals surface area contributed by atoms with E-state index in [4.69, 9.17) is 8.83 Å². The Balaban J connectivity index is 1.49. The second-order valence-corrected chi connectivity index (χ2v) is 4.49. The quantitative estimate of drug-likeness (QED) is 0.751. The summed E-state index contributed by atoms with van der Waals surface area (Å²) >= 11 is 1.86. The summed E-state index contributed by atoms with van der Waals surface area (Å²) < 4.78 is 10.5. The van der Waals surface area contributed by atoms with Crippen molar-refractivity contribution in [3.05, 3.63) is 48.3 Å². The monoisotopic (exact) mass is 237 g/mol. The molecule has 0 aromatic carbocycles. The number of rotatable bonds is 7. The molecule has 1 N–H and O–H groups in total. The van der Waals surface area contributed by atoms with Gasteiger partial charge in [-0.05, 0) is 24.3 Å². The van der Waals surface area contributed by atoms with Crippen molar-refractivity contribution in [2.45, 2.75) is 12.3 Å². The molecule has 0 saturated carbocycles. The zero-order chi connectivity index (χ0) is 11.1. The zero-order valence-electron chi connectivity index (χ0n) is 9.02.